The van der Waals surface area contributed by atoms with Gasteiger partial charge in [-0.3, -0.25) is 4.79 Å². The molecular formula is C15H14N4O2S. The first-order valence-electron chi connectivity index (χ1n) is 6.99. The summed E-state index contributed by atoms with van der Waals surface area (Å²) in [5.74, 6) is 0.0113. The van der Waals surface area contributed by atoms with Crippen molar-refractivity contribution in [1.82, 2.24) is 14.9 Å². The molecule has 1 aliphatic heterocycles. The van der Waals surface area contributed by atoms with Gasteiger partial charge in [-0.2, -0.15) is 5.26 Å². The average molecular weight is 314 g/mol. The number of carbonyl (C=O) groups excluding carboxylic acids is 1. The van der Waals surface area contributed by atoms with Crippen LogP contribution in [0.1, 0.15) is 24.1 Å². The summed E-state index contributed by atoms with van der Waals surface area (Å²) in [7, 11) is 0. The third-order valence-electron chi connectivity index (χ3n) is 3.54. The third kappa shape index (κ3) is 2.92. The molecule has 2 aromatic rings. The minimum absolute atomic E-state index is 0.0779. The molecule has 0 spiro atoms. The Morgan fingerprint density at radius 3 is 2.91 bits per heavy atom. The molecule has 0 aliphatic carbocycles. The lowest BCUT2D eigenvalue weighted by molar-refractivity contribution is -0.129. The Balaban J connectivity index is 1.76. The number of nitriles is 1. The van der Waals surface area contributed by atoms with E-state index in [0.29, 0.717) is 22.0 Å². The number of pyridine rings is 1. The van der Waals surface area contributed by atoms with Crippen LogP contribution in [0.15, 0.2) is 17.6 Å². The van der Waals surface area contributed by atoms with Gasteiger partial charge in [0, 0.05) is 30.7 Å². The summed E-state index contributed by atoms with van der Waals surface area (Å²) < 4.78 is 0. The van der Waals surface area contributed by atoms with Crippen LogP contribution in [0.2, 0.25) is 0 Å². The van der Waals surface area contributed by atoms with Crippen molar-refractivity contribution < 1.29 is 9.90 Å². The van der Waals surface area contributed by atoms with E-state index in [2.05, 4.69) is 9.97 Å². The number of amides is 1. The normalized spacial score (nSPS) is 14.0. The standard InChI is InChI=1S/C15H14N4O2S/c16-7-10-5-12(20)14(17-8-10)15-18-11(9-22-15)6-13(21)19-3-1-2-4-19/h5,8-9,20H,1-4,6H2. The fourth-order valence-electron chi connectivity index (χ4n) is 2.41. The molecule has 1 N–H and O–H groups in total. The second kappa shape index (κ2) is 6.12. The van der Waals surface area contributed by atoms with Crippen LogP contribution in [-0.4, -0.2) is 39.0 Å². The van der Waals surface area contributed by atoms with E-state index >= 15 is 0 Å². The Morgan fingerprint density at radius 2 is 2.23 bits per heavy atom. The average Bonchev–Trinajstić information content (AvgIpc) is 3.18. The highest BCUT2D eigenvalue weighted by Crippen LogP contribution is 2.30. The van der Waals surface area contributed by atoms with Gasteiger partial charge >= 0.3 is 0 Å². The van der Waals surface area contributed by atoms with Crippen molar-refractivity contribution in [1.29, 1.82) is 5.26 Å². The zero-order chi connectivity index (χ0) is 15.5. The van der Waals surface area contributed by atoms with Gasteiger partial charge in [-0.25, -0.2) is 9.97 Å². The van der Waals surface area contributed by atoms with Gasteiger partial charge < -0.3 is 10.0 Å². The van der Waals surface area contributed by atoms with Crippen LogP contribution in [-0.2, 0) is 11.2 Å². The maximum Gasteiger partial charge on any atom is 0.228 e. The van der Waals surface area contributed by atoms with E-state index in [0.717, 1.165) is 25.9 Å². The molecular weight excluding hydrogens is 300 g/mol. The maximum absolute atomic E-state index is 12.1. The molecule has 0 saturated carbocycles. The van der Waals surface area contributed by atoms with Crippen molar-refractivity contribution in [2.24, 2.45) is 0 Å². The van der Waals surface area contributed by atoms with Crippen LogP contribution in [0.5, 0.6) is 5.75 Å². The first-order valence-corrected chi connectivity index (χ1v) is 7.87. The van der Waals surface area contributed by atoms with Crippen molar-refractivity contribution in [2.45, 2.75) is 19.3 Å². The Morgan fingerprint density at radius 1 is 1.45 bits per heavy atom. The maximum atomic E-state index is 12.1. The summed E-state index contributed by atoms with van der Waals surface area (Å²) in [6.07, 6.45) is 3.80. The molecule has 2 aromatic heterocycles. The van der Waals surface area contributed by atoms with Crippen molar-refractivity contribution in [2.75, 3.05) is 13.1 Å². The highest BCUT2D eigenvalue weighted by molar-refractivity contribution is 7.13. The molecule has 1 fully saturated rings. The summed E-state index contributed by atoms with van der Waals surface area (Å²) in [5.41, 5.74) is 1.31. The summed E-state index contributed by atoms with van der Waals surface area (Å²) >= 11 is 1.33. The van der Waals surface area contributed by atoms with Gasteiger partial charge in [0.1, 0.15) is 22.5 Å². The molecule has 0 aromatic carbocycles. The van der Waals surface area contributed by atoms with Gasteiger partial charge in [-0.1, -0.05) is 0 Å². The molecule has 3 rings (SSSR count). The zero-order valence-corrected chi connectivity index (χ0v) is 12.6. The van der Waals surface area contributed by atoms with Crippen molar-refractivity contribution in [3.05, 3.63) is 28.9 Å². The Bertz CT molecular complexity index is 744. The van der Waals surface area contributed by atoms with E-state index in [9.17, 15) is 9.90 Å². The molecule has 112 valence electrons. The van der Waals surface area contributed by atoms with Gasteiger partial charge in [0.15, 0.2) is 0 Å². The Hall–Kier alpha value is -2.46. The number of carbonyl (C=O) groups is 1. The highest BCUT2D eigenvalue weighted by Gasteiger charge is 2.20. The summed E-state index contributed by atoms with van der Waals surface area (Å²) in [5, 5.41) is 21.0. The Kier molecular flexibility index (Phi) is 4.02. The number of nitrogens with zero attached hydrogens (tertiary/aromatic N) is 4. The Labute approximate surface area is 131 Å². The van der Waals surface area contributed by atoms with Crippen LogP contribution in [0.4, 0.5) is 0 Å². The topological polar surface area (TPSA) is 90.1 Å². The van der Waals surface area contributed by atoms with Gasteiger partial charge in [0.25, 0.3) is 0 Å². The lowest BCUT2D eigenvalue weighted by Crippen LogP contribution is -2.29. The predicted molar refractivity (Wildman–Crippen MR) is 81.2 cm³/mol. The van der Waals surface area contributed by atoms with Gasteiger partial charge in [-0.05, 0) is 12.8 Å². The molecule has 22 heavy (non-hydrogen) atoms. The van der Waals surface area contributed by atoms with Crippen LogP contribution < -0.4 is 0 Å². The van der Waals surface area contributed by atoms with E-state index in [1.807, 2.05) is 16.3 Å². The smallest absolute Gasteiger partial charge is 0.228 e. The van der Waals surface area contributed by atoms with Gasteiger partial charge in [0.05, 0.1) is 17.7 Å². The molecule has 6 nitrogen and oxygen atoms in total. The fraction of sp³-hybridized carbons (Fsp3) is 0.333. The van der Waals surface area contributed by atoms with Gasteiger partial charge in [0.2, 0.25) is 5.91 Å². The van der Waals surface area contributed by atoms with E-state index in [4.69, 9.17) is 5.26 Å². The van der Waals surface area contributed by atoms with E-state index in [1.54, 1.807) is 0 Å². The number of likely N-dealkylation sites (tertiary alicyclic amines) is 1. The lowest BCUT2D eigenvalue weighted by atomic mass is 10.2. The second-order valence-electron chi connectivity index (χ2n) is 5.11. The van der Waals surface area contributed by atoms with Crippen molar-refractivity contribution in [3.8, 4) is 22.5 Å². The third-order valence-corrected chi connectivity index (χ3v) is 4.44. The summed E-state index contributed by atoms with van der Waals surface area (Å²) in [6, 6.07) is 3.28. The molecule has 7 heteroatoms. The molecule has 1 aliphatic rings. The molecule has 0 atom stereocenters. The molecule has 0 unspecified atom stereocenters. The second-order valence-corrected chi connectivity index (χ2v) is 5.97. The number of rotatable bonds is 3. The monoisotopic (exact) mass is 314 g/mol. The lowest BCUT2D eigenvalue weighted by Gasteiger charge is -2.13. The molecule has 1 saturated heterocycles. The minimum Gasteiger partial charge on any atom is -0.506 e. The SMILES string of the molecule is N#Cc1cnc(-c2nc(CC(=O)N3CCCC3)cs2)c(O)c1. The number of aromatic hydroxyl groups is 1. The first-order chi connectivity index (χ1) is 10.7. The number of hydrogen-bond donors (Lipinski definition) is 1. The largest absolute Gasteiger partial charge is 0.506 e. The zero-order valence-electron chi connectivity index (χ0n) is 11.8. The molecule has 0 radical (unpaired) electrons. The minimum atomic E-state index is -0.0779. The number of aromatic nitrogens is 2. The van der Waals surface area contributed by atoms with Gasteiger partial charge in [-0.15, -0.1) is 11.3 Å². The number of hydrogen-bond acceptors (Lipinski definition) is 6. The molecule has 3 heterocycles. The highest BCUT2D eigenvalue weighted by atomic mass is 32.1. The van der Waals surface area contributed by atoms with E-state index in [1.165, 1.54) is 23.6 Å². The molecule has 1 amide bonds. The van der Waals surface area contributed by atoms with Crippen LogP contribution in [0.25, 0.3) is 10.7 Å². The van der Waals surface area contributed by atoms with E-state index in [-0.39, 0.29) is 18.1 Å². The molecule has 0 bridgehead atoms. The van der Waals surface area contributed by atoms with Crippen LogP contribution in [0.3, 0.4) is 0 Å². The number of thiazole rings is 1. The quantitative estimate of drug-likeness (QED) is 0.935. The summed E-state index contributed by atoms with van der Waals surface area (Å²) in [4.78, 5) is 22.4. The summed E-state index contributed by atoms with van der Waals surface area (Å²) in [6.45, 7) is 1.65. The van der Waals surface area contributed by atoms with E-state index < -0.39 is 0 Å². The van der Waals surface area contributed by atoms with Crippen molar-refractivity contribution >= 4 is 17.2 Å². The van der Waals surface area contributed by atoms with Crippen molar-refractivity contribution in [3.63, 3.8) is 0 Å². The first kappa shape index (κ1) is 14.5. The fourth-order valence-corrected chi connectivity index (χ4v) is 3.23. The predicted octanol–water partition coefficient (Wildman–Crippen LogP) is 1.95. The van der Waals surface area contributed by atoms with Crippen LogP contribution in [0, 0.1) is 11.3 Å². The van der Waals surface area contributed by atoms with Crippen LogP contribution >= 0.6 is 11.3 Å².